The van der Waals surface area contributed by atoms with E-state index in [0.29, 0.717) is 6.61 Å². The largest absolute Gasteiger partial charge is 0.463 e. The molecule has 3 nitrogen and oxygen atoms in total. The molecule has 3 heteroatoms. The van der Waals surface area contributed by atoms with Crippen LogP contribution in [-0.2, 0) is 29.0 Å². The third-order valence-corrected chi connectivity index (χ3v) is 3.19. The molecule has 0 unspecified atom stereocenters. The molecule has 0 atom stereocenters. The Hall–Kier alpha value is -1.61. The van der Waals surface area contributed by atoms with Crippen LogP contribution in [0.15, 0.2) is 29.8 Å². The molecule has 0 aromatic heterocycles. The van der Waals surface area contributed by atoms with Gasteiger partial charge in [-0.15, -0.1) is 0 Å². The van der Waals surface area contributed by atoms with Gasteiger partial charge in [0.2, 0.25) is 0 Å². The smallest absolute Gasteiger partial charge is 0.330 e. The Morgan fingerprint density at radius 3 is 2.94 bits per heavy atom. The van der Waals surface area contributed by atoms with E-state index in [1.165, 1.54) is 11.1 Å². The molecule has 1 aliphatic carbocycles. The summed E-state index contributed by atoms with van der Waals surface area (Å²) in [7, 11) is 0. The molecule has 1 aliphatic rings. The van der Waals surface area contributed by atoms with Crippen molar-refractivity contribution >= 4 is 5.97 Å². The van der Waals surface area contributed by atoms with E-state index in [2.05, 4.69) is 6.07 Å². The average molecular weight is 246 g/mol. The minimum Gasteiger partial charge on any atom is -0.463 e. The molecular formula is C15H18O3. The number of esters is 1. The quantitative estimate of drug-likeness (QED) is 0.656. The van der Waals surface area contributed by atoms with E-state index in [4.69, 9.17) is 9.84 Å². The second kappa shape index (κ2) is 5.83. The minimum atomic E-state index is -0.255. The summed E-state index contributed by atoms with van der Waals surface area (Å²) < 4.78 is 4.92. The van der Waals surface area contributed by atoms with Gasteiger partial charge in [-0.3, -0.25) is 0 Å². The highest BCUT2D eigenvalue weighted by molar-refractivity contribution is 5.83. The highest BCUT2D eigenvalue weighted by Crippen LogP contribution is 2.26. The number of benzene rings is 1. The zero-order chi connectivity index (χ0) is 13.0. The van der Waals surface area contributed by atoms with Crippen LogP contribution in [0.5, 0.6) is 0 Å². The molecule has 0 bridgehead atoms. The molecule has 1 aromatic carbocycles. The third kappa shape index (κ3) is 2.99. The molecule has 0 saturated heterocycles. The number of fused-ring (bicyclic) bond motifs is 1. The van der Waals surface area contributed by atoms with Crippen molar-refractivity contribution in [2.24, 2.45) is 0 Å². The van der Waals surface area contributed by atoms with E-state index < -0.39 is 0 Å². The molecular weight excluding hydrogens is 228 g/mol. The van der Waals surface area contributed by atoms with Crippen molar-refractivity contribution in [2.75, 3.05) is 6.61 Å². The summed E-state index contributed by atoms with van der Waals surface area (Å²) in [6, 6.07) is 6.05. The molecule has 0 fully saturated rings. The molecule has 1 aromatic rings. The van der Waals surface area contributed by atoms with E-state index in [-0.39, 0.29) is 12.6 Å². The third-order valence-electron chi connectivity index (χ3n) is 3.19. The first-order valence-corrected chi connectivity index (χ1v) is 6.30. The molecule has 0 aliphatic heterocycles. The van der Waals surface area contributed by atoms with Crippen LogP contribution in [0.4, 0.5) is 0 Å². The molecule has 1 N–H and O–H groups in total. The molecule has 0 radical (unpaired) electrons. The van der Waals surface area contributed by atoms with E-state index >= 15 is 0 Å². The van der Waals surface area contributed by atoms with Crippen molar-refractivity contribution in [2.45, 2.75) is 32.8 Å². The van der Waals surface area contributed by atoms with Crippen LogP contribution >= 0.6 is 0 Å². The summed E-state index contributed by atoms with van der Waals surface area (Å²) in [5.74, 6) is -0.255. The number of carbonyl (C=O) groups excluding carboxylic acids is 1. The van der Waals surface area contributed by atoms with Gasteiger partial charge in [0.25, 0.3) is 0 Å². The van der Waals surface area contributed by atoms with Crippen molar-refractivity contribution < 1.29 is 14.6 Å². The Balaban J connectivity index is 2.15. The van der Waals surface area contributed by atoms with Crippen LogP contribution < -0.4 is 0 Å². The van der Waals surface area contributed by atoms with Crippen LogP contribution in [0.2, 0.25) is 0 Å². The zero-order valence-electron chi connectivity index (χ0n) is 10.6. The lowest BCUT2D eigenvalue weighted by molar-refractivity contribution is -0.137. The minimum absolute atomic E-state index is 0.0597. The Labute approximate surface area is 107 Å². The lowest BCUT2D eigenvalue weighted by atomic mass is 9.87. The monoisotopic (exact) mass is 246 g/mol. The van der Waals surface area contributed by atoms with Crippen molar-refractivity contribution in [3.63, 3.8) is 0 Å². The predicted molar refractivity (Wildman–Crippen MR) is 69.1 cm³/mol. The summed E-state index contributed by atoms with van der Waals surface area (Å²) in [4.78, 5) is 11.4. The van der Waals surface area contributed by atoms with Gasteiger partial charge in [-0.05, 0) is 42.9 Å². The maximum Gasteiger partial charge on any atom is 0.330 e. The maximum atomic E-state index is 11.4. The van der Waals surface area contributed by atoms with E-state index in [0.717, 1.165) is 30.4 Å². The second-order valence-electron chi connectivity index (χ2n) is 4.49. The van der Waals surface area contributed by atoms with Crippen molar-refractivity contribution in [1.82, 2.24) is 0 Å². The van der Waals surface area contributed by atoms with Crippen LogP contribution in [0.1, 0.15) is 30.0 Å². The van der Waals surface area contributed by atoms with Gasteiger partial charge in [-0.25, -0.2) is 4.79 Å². The fourth-order valence-corrected chi connectivity index (χ4v) is 2.29. The summed E-state index contributed by atoms with van der Waals surface area (Å²) in [6.07, 6.45) is 4.25. The van der Waals surface area contributed by atoms with Crippen molar-refractivity contribution in [1.29, 1.82) is 0 Å². The van der Waals surface area contributed by atoms with Gasteiger partial charge in [-0.1, -0.05) is 23.8 Å². The van der Waals surface area contributed by atoms with E-state index in [1.54, 1.807) is 13.0 Å². The van der Waals surface area contributed by atoms with Gasteiger partial charge in [0, 0.05) is 6.08 Å². The number of ether oxygens (including phenoxy) is 1. The Morgan fingerprint density at radius 1 is 1.39 bits per heavy atom. The van der Waals surface area contributed by atoms with E-state index in [9.17, 15) is 4.79 Å². The van der Waals surface area contributed by atoms with Gasteiger partial charge >= 0.3 is 5.97 Å². The molecule has 0 saturated carbocycles. The van der Waals surface area contributed by atoms with Crippen LogP contribution in [0, 0.1) is 0 Å². The fourth-order valence-electron chi connectivity index (χ4n) is 2.29. The number of rotatable bonds is 3. The summed E-state index contributed by atoms with van der Waals surface area (Å²) >= 11 is 0. The Kier molecular flexibility index (Phi) is 4.15. The number of allylic oxidation sites excluding steroid dienone is 1. The summed E-state index contributed by atoms with van der Waals surface area (Å²) in [5.41, 5.74) is 4.55. The van der Waals surface area contributed by atoms with Crippen molar-refractivity contribution in [3.8, 4) is 0 Å². The SMILES string of the molecule is CCOC(=O)/C=C1\CCc2ccc(CO)cc2C1. The summed E-state index contributed by atoms with van der Waals surface area (Å²) in [5, 5.41) is 9.13. The summed E-state index contributed by atoms with van der Waals surface area (Å²) in [6.45, 7) is 2.28. The molecule has 18 heavy (non-hydrogen) atoms. The highest BCUT2D eigenvalue weighted by Gasteiger charge is 2.14. The van der Waals surface area contributed by atoms with Gasteiger partial charge in [0.05, 0.1) is 13.2 Å². The highest BCUT2D eigenvalue weighted by atomic mass is 16.5. The number of carbonyl (C=O) groups is 1. The number of hydrogen-bond donors (Lipinski definition) is 1. The Bertz CT molecular complexity index is 475. The number of aryl methyl sites for hydroxylation is 1. The van der Waals surface area contributed by atoms with Gasteiger partial charge in [0.15, 0.2) is 0 Å². The molecule has 0 spiro atoms. The first kappa shape index (κ1) is 12.8. The number of hydrogen-bond acceptors (Lipinski definition) is 3. The number of aliphatic hydroxyl groups excluding tert-OH is 1. The van der Waals surface area contributed by atoms with Crippen LogP contribution in [-0.4, -0.2) is 17.7 Å². The first-order chi connectivity index (χ1) is 8.72. The fraction of sp³-hybridized carbons (Fsp3) is 0.400. The van der Waals surface area contributed by atoms with Gasteiger partial charge < -0.3 is 9.84 Å². The topological polar surface area (TPSA) is 46.5 Å². The molecule has 0 amide bonds. The van der Waals surface area contributed by atoms with Crippen molar-refractivity contribution in [3.05, 3.63) is 46.5 Å². The van der Waals surface area contributed by atoms with Crippen LogP contribution in [0.3, 0.4) is 0 Å². The maximum absolute atomic E-state index is 11.4. The van der Waals surface area contributed by atoms with Gasteiger partial charge in [-0.2, -0.15) is 0 Å². The molecule has 2 rings (SSSR count). The first-order valence-electron chi connectivity index (χ1n) is 6.30. The van der Waals surface area contributed by atoms with E-state index in [1.807, 2.05) is 12.1 Å². The number of aliphatic hydroxyl groups is 1. The standard InChI is InChI=1S/C15H18O3/c1-2-18-15(17)9-11-3-5-13-6-4-12(10-16)8-14(13)7-11/h4,6,8-9,16H,2-3,5,7,10H2,1H3/b11-9+. The predicted octanol–water partition coefficient (Wildman–Crippen LogP) is 2.16. The lowest BCUT2D eigenvalue weighted by Crippen LogP contribution is -2.09. The normalized spacial score (nSPS) is 16.4. The lowest BCUT2D eigenvalue weighted by Gasteiger charge is -2.19. The Morgan fingerprint density at radius 2 is 2.22 bits per heavy atom. The zero-order valence-corrected chi connectivity index (χ0v) is 10.6. The average Bonchev–Trinajstić information content (AvgIpc) is 2.38. The van der Waals surface area contributed by atoms with Crippen LogP contribution in [0.25, 0.3) is 0 Å². The second-order valence-corrected chi connectivity index (χ2v) is 4.49. The molecule has 96 valence electrons. The van der Waals surface area contributed by atoms with Gasteiger partial charge in [0.1, 0.15) is 0 Å². The molecule has 0 heterocycles.